The maximum absolute atomic E-state index is 14.0. The van der Waals surface area contributed by atoms with Crippen molar-refractivity contribution in [2.75, 3.05) is 50.1 Å². The molecule has 13 heteroatoms. The van der Waals surface area contributed by atoms with Crippen LogP contribution >= 0.6 is 0 Å². The van der Waals surface area contributed by atoms with E-state index in [1.54, 1.807) is 36.4 Å². The predicted molar refractivity (Wildman–Crippen MR) is 179 cm³/mol. The van der Waals surface area contributed by atoms with Crippen molar-refractivity contribution in [3.8, 4) is 23.0 Å². The molecule has 12 nitrogen and oxygen atoms in total. The Bertz CT molecular complexity index is 2030. The van der Waals surface area contributed by atoms with Crippen molar-refractivity contribution >= 4 is 27.3 Å². The molecule has 1 fully saturated rings. The van der Waals surface area contributed by atoms with Crippen molar-refractivity contribution in [3.63, 3.8) is 0 Å². The average molecular weight is 673 g/mol. The molecule has 4 heterocycles. The quantitative estimate of drug-likeness (QED) is 0.272. The molecule has 1 aromatic heterocycles. The third-order valence-electron chi connectivity index (χ3n) is 9.04. The Morgan fingerprint density at radius 2 is 1.77 bits per heavy atom. The number of sulfonamides is 1. The molecule has 1 amide bonds. The molecule has 1 saturated heterocycles. The van der Waals surface area contributed by atoms with Gasteiger partial charge in [0, 0.05) is 48.9 Å². The number of fused-ring (bicyclic) bond motifs is 5. The highest BCUT2D eigenvalue weighted by Crippen LogP contribution is 2.40. The Morgan fingerprint density at radius 1 is 0.938 bits per heavy atom. The Morgan fingerprint density at radius 3 is 2.58 bits per heavy atom. The third-order valence-corrected chi connectivity index (χ3v) is 10.4. The summed E-state index contributed by atoms with van der Waals surface area (Å²) in [6, 6.07) is 22.2. The number of pyridine rings is 1. The molecule has 3 aromatic carbocycles. The van der Waals surface area contributed by atoms with Gasteiger partial charge in [-0.1, -0.05) is 18.2 Å². The maximum Gasteiger partial charge on any atom is 0.265 e. The van der Waals surface area contributed by atoms with Gasteiger partial charge in [0.25, 0.3) is 21.5 Å². The summed E-state index contributed by atoms with van der Waals surface area (Å²) in [6.07, 6.45) is 0.532. The molecule has 3 aliphatic heterocycles. The zero-order chi connectivity index (χ0) is 33.4. The van der Waals surface area contributed by atoms with E-state index in [1.807, 2.05) is 34.9 Å². The molecule has 2 N–H and O–H groups in total. The van der Waals surface area contributed by atoms with Crippen LogP contribution in [0.25, 0.3) is 0 Å². The van der Waals surface area contributed by atoms with Crippen LogP contribution in [0.3, 0.4) is 0 Å². The van der Waals surface area contributed by atoms with E-state index in [4.69, 9.17) is 18.9 Å². The van der Waals surface area contributed by atoms with E-state index in [9.17, 15) is 18.0 Å². The van der Waals surface area contributed by atoms with E-state index in [-0.39, 0.29) is 52.4 Å². The molecular weight excluding hydrogens is 636 g/mol. The van der Waals surface area contributed by atoms with Crippen molar-refractivity contribution in [1.82, 2.24) is 9.88 Å². The highest BCUT2D eigenvalue weighted by molar-refractivity contribution is 7.92. The van der Waals surface area contributed by atoms with Gasteiger partial charge >= 0.3 is 0 Å². The number of hydrogen-bond acceptors (Lipinski definition) is 9. The van der Waals surface area contributed by atoms with Crippen LogP contribution in [-0.2, 0) is 16.6 Å². The van der Waals surface area contributed by atoms with Crippen molar-refractivity contribution in [1.29, 1.82) is 0 Å². The minimum atomic E-state index is -4.22. The highest BCUT2D eigenvalue weighted by atomic mass is 32.2. The van der Waals surface area contributed by atoms with Crippen LogP contribution in [0.1, 0.15) is 28.4 Å². The number of nitrogens with one attached hydrogen (secondary N) is 2. The Hall–Kier alpha value is -5.17. The number of amides is 1. The fraction of sp³-hybridized carbons (Fsp3) is 0.314. The molecule has 0 spiro atoms. The SMILES string of the molecule is COc1ccc(OC)c(S(=O)(=O)Nc2cc(C(=O)NC[C@H]3COc4ccccc4O3)ccc2N2C[C@H]3C[C@@H](C2)c2cccc(=O)n2C3)c1. The van der Waals surface area contributed by atoms with Crippen LogP contribution in [0.4, 0.5) is 11.4 Å². The summed E-state index contributed by atoms with van der Waals surface area (Å²) in [5, 5.41) is 2.90. The van der Waals surface area contributed by atoms with Crippen LogP contribution in [0.2, 0.25) is 0 Å². The van der Waals surface area contributed by atoms with Gasteiger partial charge in [-0.3, -0.25) is 14.3 Å². The molecule has 250 valence electrons. The smallest absolute Gasteiger partial charge is 0.265 e. The van der Waals surface area contributed by atoms with Crippen LogP contribution in [-0.4, -0.2) is 65.5 Å². The van der Waals surface area contributed by atoms with Gasteiger partial charge in [-0.15, -0.1) is 0 Å². The van der Waals surface area contributed by atoms with E-state index < -0.39 is 22.0 Å². The third kappa shape index (κ3) is 6.13. The minimum absolute atomic E-state index is 0.0129. The molecule has 4 aromatic rings. The topological polar surface area (TPSA) is 137 Å². The fourth-order valence-corrected chi connectivity index (χ4v) is 8.04. The van der Waals surface area contributed by atoms with E-state index in [2.05, 4.69) is 14.9 Å². The van der Waals surface area contributed by atoms with Gasteiger partial charge in [0.2, 0.25) is 0 Å². The predicted octanol–water partition coefficient (Wildman–Crippen LogP) is 3.86. The number of hydrogen-bond donors (Lipinski definition) is 2. The van der Waals surface area contributed by atoms with Crippen LogP contribution < -0.4 is 39.4 Å². The first-order valence-electron chi connectivity index (χ1n) is 15.7. The van der Waals surface area contributed by atoms with Crippen LogP contribution in [0, 0.1) is 5.92 Å². The Balaban J connectivity index is 1.19. The number of carbonyl (C=O) groups excluding carboxylic acids is 1. The van der Waals surface area contributed by atoms with Crippen molar-refractivity contribution in [2.24, 2.45) is 5.92 Å². The van der Waals surface area contributed by atoms with Gasteiger partial charge in [-0.05, 0) is 60.9 Å². The van der Waals surface area contributed by atoms with Gasteiger partial charge < -0.3 is 33.7 Å². The number of ether oxygens (including phenoxy) is 4. The lowest BCUT2D eigenvalue weighted by atomic mass is 9.83. The first kappa shape index (κ1) is 31.4. The van der Waals surface area contributed by atoms with E-state index >= 15 is 0 Å². The summed E-state index contributed by atoms with van der Waals surface area (Å²) in [5.41, 5.74) is 2.09. The second kappa shape index (κ2) is 12.8. The number of aromatic nitrogens is 1. The molecule has 0 radical (unpaired) electrons. The van der Waals surface area contributed by atoms with Crippen LogP contribution in [0.5, 0.6) is 23.0 Å². The zero-order valence-electron chi connectivity index (χ0n) is 26.5. The molecule has 3 aliphatic rings. The fourth-order valence-electron chi connectivity index (χ4n) is 6.79. The van der Waals surface area contributed by atoms with Gasteiger partial charge in [0.15, 0.2) is 11.5 Å². The largest absolute Gasteiger partial charge is 0.497 e. The molecule has 0 aliphatic carbocycles. The first-order chi connectivity index (χ1) is 23.2. The zero-order valence-corrected chi connectivity index (χ0v) is 27.4. The average Bonchev–Trinajstić information content (AvgIpc) is 3.10. The number of benzene rings is 3. The number of anilines is 2. The maximum atomic E-state index is 14.0. The lowest BCUT2D eigenvalue weighted by molar-refractivity contribution is 0.0789. The van der Waals surface area contributed by atoms with E-state index in [1.165, 1.54) is 26.4 Å². The van der Waals surface area contributed by atoms with Crippen LogP contribution in [0.15, 0.2) is 88.6 Å². The minimum Gasteiger partial charge on any atom is -0.497 e. The molecule has 48 heavy (non-hydrogen) atoms. The van der Waals surface area contributed by atoms with Crippen molar-refractivity contribution in [2.45, 2.75) is 29.9 Å². The molecule has 0 unspecified atom stereocenters. The summed E-state index contributed by atoms with van der Waals surface area (Å²) in [7, 11) is -1.37. The lowest BCUT2D eigenvalue weighted by Crippen LogP contribution is -2.47. The summed E-state index contributed by atoms with van der Waals surface area (Å²) in [4.78, 5) is 28.1. The second-order valence-corrected chi connectivity index (χ2v) is 13.8. The van der Waals surface area contributed by atoms with Gasteiger partial charge in [-0.25, -0.2) is 8.42 Å². The monoisotopic (exact) mass is 672 g/mol. The standard InChI is InChI=1S/C35H36N4O8S/c1-44-25-11-13-32(45-2)33(16-25)48(42,43)37-27-15-23(35(41)36-17-26-21-46-30-7-3-4-8-31(30)47-26)10-12-29(27)38-18-22-14-24(20-38)28-6-5-9-34(40)39(28)19-22/h3-13,15-16,22,24,26,37H,14,17-21H2,1-2H3,(H,36,41)/t22-,24+,26+/m1/s1. The molecule has 2 bridgehead atoms. The first-order valence-corrected chi connectivity index (χ1v) is 17.2. The Kier molecular flexibility index (Phi) is 8.38. The summed E-state index contributed by atoms with van der Waals surface area (Å²) in [6.45, 7) is 2.23. The number of para-hydroxylation sites is 2. The molecule has 7 rings (SSSR count). The Labute approximate surface area is 278 Å². The summed E-state index contributed by atoms with van der Waals surface area (Å²) in [5.74, 6) is 1.62. The number of methoxy groups -OCH3 is 2. The molecular formula is C35H36N4O8S. The van der Waals surface area contributed by atoms with Gasteiger partial charge in [0.05, 0.1) is 32.1 Å². The normalized spacial score (nSPS) is 19.5. The number of piperidine rings is 1. The lowest BCUT2D eigenvalue weighted by Gasteiger charge is -2.44. The van der Waals surface area contributed by atoms with E-state index in [0.717, 1.165) is 12.1 Å². The van der Waals surface area contributed by atoms with Crippen molar-refractivity contribution < 1.29 is 32.2 Å². The van der Waals surface area contributed by atoms with Gasteiger partial charge in [-0.2, -0.15) is 0 Å². The van der Waals surface area contributed by atoms with E-state index in [0.29, 0.717) is 42.6 Å². The highest BCUT2D eigenvalue weighted by Gasteiger charge is 2.36. The number of nitrogens with zero attached hydrogens (tertiary/aromatic N) is 2. The molecule has 3 atom stereocenters. The summed E-state index contributed by atoms with van der Waals surface area (Å²) >= 11 is 0. The molecule has 0 saturated carbocycles. The van der Waals surface area contributed by atoms with Crippen molar-refractivity contribution in [3.05, 3.63) is 100 Å². The van der Waals surface area contributed by atoms with Gasteiger partial charge in [0.1, 0.15) is 29.1 Å². The summed E-state index contributed by atoms with van der Waals surface area (Å²) < 4.78 is 54.9. The number of rotatable bonds is 9. The number of carbonyl (C=O) groups is 1. The second-order valence-electron chi connectivity index (χ2n) is 12.2.